The molecule has 4 N–H and O–H groups in total. The molecule has 0 aliphatic rings. The van der Waals surface area contributed by atoms with Gasteiger partial charge in [0.2, 0.25) is 0 Å². The first-order valence-electron chi connectivity index (χ1n) is 9.42. The van der Waals surface area contributed by atoms with Crippen molar-refractivity contribution in [3.63, 3.8) is 0 Å². The molecule has 0 fully saturated rings. The molecule has 5 nitrogen and oxygen atoms in total. The van der Waals surface area contributed by atoms with Gasteiger partial charge in [0.25, 0.3) is 0 Å². The summed E-state index contributed by atoms with van der Waals surface area (Å²) in [7, 11) is 0. The minimum absolute atomic E-state index is 0.187. The number of aromatic hydroxyl groups is 1. The number of rotatable bonds is 6. The lowest BCUT2D eigenvalue weighted by molar-refractivity contribution is 0.0313. The maximum absolute atomic E-state index is 13.6. The zero-order valence-corrected chi connectivity index (χ0v) is 15.9. The second-order valence-corrected chi connectivity index (χ2v) is 7.22. The van der Waals surface area contributed by atoms with Gasteiger partial charge in [-0.15, -0.1) is 0 Å². The Balaban J connectivity index is 1.84. The Morgan fingerprint density at radius 1 is 1.10 bits per heavy atom. The fourth-order valence-corrected chi connectivity index (χ4v) is 3.79. The smallest absolute Gasteiger partial charge is 0.172 e. The molecule has 0 aliphatic carbocycles. The summed E-state index contributed by atoms with van der Waals surface area (Å²) in [5.41, 5.74) is -0.0628. The van der Waals surface area contributed by atoms with Crippen LogP contribution >= 0.6 is 0 Å². The predicted molar refractivity (Wildman–Crippen MR) is 110 cm³/mol. The summed E-state index contributed by atoms with van der Waals surface area (Å²) in [5, 5.41) is 27.4. The van der Waals surface area contributed by atoms with Gasteiger partial charge in [0.1, 0.15) is 11.6 Å². The first-order valence-corrected chi connectivity index (χ1v) is 9.42. The highest BCUT2D eigenvalue weighted by Crippen LogP contribution is 2.37. The molecule has 148 valence electrons. The number of nitrogens with one attached hydrogen (secondary N) is 2. The van der Waals surface area contributed by atoms with Crippen molar-refractivity contribution in [2.24, 2.45) is 0 Å². The molecule has 0 bridgehead atoms. The van der Waals surface area contributed by atoms with E-state index in [0.29, 0.717) is 12.0 Å². The number of aliphatic hydroxyl groups is 1. The van der Waals surface area contributed by atoms with E-state index < -0.39 is 11.5 Å². The summed E-state index contributed by atoms with van der Waals surface area (Å²) in [4.78, 5) is 7.08. The van der Waals surface area contributed by atoms with E-state index in [1.54, 1.807) is 18.6 Å². The molecule has 0 radical (unpaired) electrons. The number of aromatic nitrogens is 2. The highest BCUT2D eigenvalue weighted by molar-refractivity contribution is 5.87. The van der Waals surface area contributed by atoms with Crippen LogP contribution in [-0.2, 0) is 12.1 Å². The van der Waals surface area contributed by atoms with Gasteiger partial charge in [0.05, 0.1) is 6.33 Å². The van der Waals surface area contributed by atoms with E-state index in [-0.39, 0.29) is 17.4 Å². The molecular weight excluding hydrogens is 369 g/mol. The van der Waals surface area contributed by atoms with Crippen molar-refractivity contribution in [1.29, 1.82) is 0 Å². The SMILES string of the molecule is C[C@H](Cc1cnc[nH]1)NC(O)(c1ccc(F)cc1O)c1cccc2ccccc12. The molecule has 2 atom stereocenters. The molecule has 6 heteroatoms. The number of imidazole rings is 1. The van der Waals surface area contributed by atoms with Crippen LogP contribution in [0.1, 0.15) is 23.7 Å². The van der Waals surface area contributed by atoms with E-state index in [2.05, 4.69) is 15.3 Å². The van der Waals surface area contributed by atoms with Crippen LogP contribution in [0.3, 0.4) is 0 Å². The van der Waals surface area contributed by atoms with Crippen LogP contribution in [-0.4, -0.2) is 26.2 Å². The van der Waals surface area contributed by atoms with Gasteiger partial charge in [-0.2, -0.15) is 0 Å². The quantitative estimate of drug-likeness (QED) is 0.377. The molecule has 4 rings (SSSR count). The molecule has 0 saturated heterocycles. The Morgan fingerprint density at radius 3 is 2.66 bits per heavy atom. The number of phenols is 1. The number of aromatic amines is 1. The Morgan fingerprint density at radius 2 is 1.90 bits per heavy atom. The van der Waals surface area contributed by atoms with Gasteiger partial charge in [-0.05, 0) is 29.8 Å². The van der Waals surface area contributed by atoms with E-state index in [0.717, 1.165) is 22.5 Å². The number of halogens is 1. The summed E-state index contributed by atoms with van der Waals surface area (Å²) in [6.45, 7) is 1.93. The van der Waals surface area contributed by atoms with E-state index >= 15 is 0 Å². The van der Waals surface area contributed by atoms with Gasteiger partial charge >= 0.3 is 0 Å². The average molecular weight is 391 g/mol. The molecule has 3 aromatic carbocycles. The lowest BCUT2D eigenvalue weighted by atomic mass is 9.88. The number of nitrogens with zero attached hydrogens (tertiary/aromatic N) is 1. The standard InChI is InChI=1S/C23H22FN3O2/c1-15(11-18-13-25-14-26-18)27-23(29,21-10-9-17(24)12-22(21)28)20-8-4-6-16-5-2-3-7-19(16)20/h2-10,12-15,27-29H,11H2,1H3,(H,25,26)/t15-,23?/m1/s1. The second kappa shape index (κ2) is 7.66. The first-order chi connectivity index (χ1) is 14.0. The molecular formula is C23H22FN3O2. The van der Waals surface area contributed by atoms with Crippen molar-refractivity contribution in [2.75, 3.05) is 0 Å². The summed E-state index contributed by atoms with van der Waals surface area (Å²) >= 11 is 0. The van der Waals surface area contributed by atoms with Crippen molar-refractivity contribution in [2.45, 2.75) is 25.1 Å². The molecule has 1 heterocycles. The molecule has 0 spiro atoms. The van der Waals surface area contributed by atoms with Crippen LogP contribution < -0.4 is 5.32 Å². The van der Waals surface area contributed by atoms with Crippen molar-refractivity contribution < 1.29 is 14.6 Å². The fourth-order valence-electron chi connectivity index (χ4n) is 3.79. The molecule has 29 heavy (non-hydrogen) atoms. The van der Waals surface area contributed by atoms with E-state index in [1.807, 2.05) is 43.3 Å². The highest BCUT2D eigenvalue weighted by Gasteiger charge is 2.36. The van der Waals surface area contributed by atoms with Crippen LogP contribution in [0.2, 0.25) is 0 Å². The van der Waals surface area contributed by atoms with E-state index in [1.165, 1.54) is 12.1 Å². The summed E-state index contributed by atoms with van der Waals surface area (Å²) in [5.74, 6) is -0.890. The van der Waals surface area contributed by atoms with Crippen LogP contribution in [0.4, 0.5) is 4.39 Å². The number of hydrogen-bond donors (Lipinski definition) is 4. The minimum Gasteiger partial charge on any atom is -0.507 e. The molecule has 1 unspecified atom stereocenters. The van der Waals surface area contributed by atoms with Gasteiger partial charge < -0.3 is 15.2 Å². The average Bonchev–Trinajstić information content (AvgIpc) is 3.20. The van der Waals surface area contributed by atoms with Gasteiger partial charge in [-0.3, -0.25) is 5.32 Å². The van der Waals surface area contributed by atoms with Crippen molar-refractivity contribution in [1.82, 2.24) is 15.3 Å². The monoisotopic (exact) mass is 391 g/mol. The van der Waals surface area contributed by atoms with E-state index in [4.69, 9.17) is 0 Å². The van der Waals surface area contributed by atoms with Crippen LogP contribution in [0.5, 0.6) is 5.75 Å². The molecule has 1 aromatic heterocycles. The summed E-state index contributed by atoms with van der Waals surface area (Å²) in [6.07, 6.45) is 3.91. The minimum atomic E-state index is -1.74. The Labute approximate surface area is 167 Å². The Kier molecular flexibility index (Phi) is 5.05. The molecule has 0 saturated carbocycles. The zero-order valence-electron chi connectivity index (χ0n) is 15.9. The second-order valence-electron chi connectivity index (χ2n) is 7.22. The van der Waals surface area contributed by atoms with Gasteiger partial charge in [-0.1, -0.05) is 42.5 Å². The predicted octanol–water partition coefficient (Wildman–Crippen LogP) is 3.82. The van der Waals surface area contributed by atoms with Crippen LogP contribution in [0.15, 0.2) is 73.2 Å². The Hall–Kier alpha value is -3.22. The maximum atomic E-state index is 13.6. The third kappa shape index (κ3) is 3.72. The maximum Gasteiger partial charge on any atom is 0.172 e. The third-order valence-corrected chi connectivity index (χ3v) is 5.07. The summed E-state index contributed by atoms with van der Waals surface area (Å²) in [6, 6.07) is 16.8. The van der Waals surface area contributed by atoms with Crippen LogP contribution in [0.25, 0.3) is 10.8 Å². The lowest BCUT2D eigenvalue weighted by Gasteiger charge is -2.34. The van der Waals surface area contributed by atoms with Gasteiger partial charge in [0, 0.05) is 41.5 Å². The van der Waals surface area contributed by atoms with Gasteiger partial charge in [0.15, 0.2) is 5.72 Å². The molecule has 0 aliphatic heterocycles. The zero-order chi connectivity index (χ0) is 20.4. The van der Waals surface area contributed by atoms with Crippen molar-refractivity contribution in [3.8, 4) is 5.75 Å². The normalized spacial score (nSPS) is 14.6. The van der Waals surface area contributed by atoms with Crippen molar-refractivity contribution in [3.05, 3.63) is 95.8 Å². The lowest BCUT2D eigenvalue weighted by Crippen LogP contribution is -2.48. The fraction of sp³-hybridized carbons (Fsp3) is 0.174. The van der Waals surface area contributed by atoms with Crippen LogP contribution in [0, 0.1) is 5.82 Å². The molecule has 4 aromatic rings. The number of H-pyrrole nitrogens is 1. The number of phenolic OH excluding ortho intramolecular Hbond substituents is 1. The topological polar surface area (TPSA) is 81.2 Å². The van der Waals surface area contributed by atoms with Gasteiger partial charge in [-0.25, -0.2) is 9.37 Å². The van der Waals surface area contributed by atoms with Crippen molar-refractivity contribution >= 4 is 10.8 Å². The Bertz CT molecular complexity index is 1120. The summed E-state index contributed by atoms with van der Waals surface area (Å²) < 4.78 is 13.6. The number of hydrogen-bond acceptors (Lipinski definition) is 4. The highest BCUT2D eigenvalue weighted by atomic mass is 19.1. The third-order valence-electron chi connectivity index (χ3n) is 5.07. The largest absolute Gasteiger partial charge is 0.507 e. The first kappa shape index (κ1) is 19.1. The number of benzene rings is 3. The molecule has 0 amide bonds. The number of fused-ring (bicyclic) bond motifs is 1. The van der Waals surface area contributed by atoms with E-state index in [9.17, 15) is 14.6 Å².